The van der Waals surface area contributed by atoms with Crippen molar-refractivity contribution in [2.75, 3.05) is 19.6 Å². The van der Waals surface area contributed by atoms with Gasteiger partial charge in [-0.15, -0.1) is 0 Å². The largest absolute Gasteiger partial charge is 0.368 e. The molecule has 2 atom stereocenters. The molecule has 2 saturated heterocycles. The van der Waals surface area contributed by atoms with Crippen LogP contribution < -0.4 is 11.1 Å². The number of hydrogen-bond donors (Lipinski definition) is 2. The van der Waals surface area contributed by atoms with E-state index < -0.39 is 22.0 Å². The molecule has 0 radical (unpaired) electrons. The third-order valence-corrected chi connectivity index (χ3v) is 5.40. The zero-order valence-corrected chi connectivity index (χ0v) is 9.16. The van der Waals surface area contributed by atoms with E-state index >= 15 is 0 Å². The molecule has 0 spiro atoms. The molecule has 0 saturated carbocycles. The second-order valence-electron chi connectivity index (χ2n) is 3.98. The molecular weight excluding hydrogens is 218 g/mol. The van der Waals surface area contributed by atoms with Crippen LogP contribution in [-0.4, -0.2) is 49.6 Å². The fourth-order valence-electron chi connectivity index (χ4n) is 2.03. The summed E-state index contributed by atoms with van der Waals surface area (Å²) in [5.41, 5.74) is 5.12. The SMILES string of the molecule is NC(=O)C1CCN1S(=O)(=O)C1CCNC1. The van der Waals surface area contributed by atoms with Gasteiger partial charge in [-0.3, -0.25) is 4.79 Å². The zero-order valence-electron chi connectivity index (χ0n) is 8.35. The van der Waals surface area contributed by atoms with Crippen LogP contribution in [0.2, 0.25) is 0 Å². The normalized spacial score (nSPS) is 32.5. The lowest BCUT2D eigenvalue weighted by atomic mass is 10.1. The minimum absolute atomic E-state index is 0.389. The molecule has 2 aliphatic rings. The van der Waals surface area contributed by atoms with Crippen LogP contribution >= 0.6 is 0 Å². The lowest BCUT2D eigenvalue weighted by Crippen LogP contribution is -2.59. The number of hydrogen-bond acceptors (Lipinski definition) is 4. The molecule has 0 aromatic heterocycles. The van der Waals surface area contributed by atoms with Gasteiger partial charge in [0.25, 0.3) is 0 Å². The zero-order chi connectivity index (χ0) is 11.1. The van der Waals surface area contributed by atoms with Gasteiger partial charge < -0.3 is 11.1 Å². The molecule has 6 nitrogen and oxygen atoms in total. The average molecular weight is 233 g/mol. The van der Waals surface area contributed by atoms with E-state index in [-0.39, 0.29) is 5.25 Å². The van der Waals surface area contributed by atoms with E-state index in [1.54, 1.807) is 0 Å². The standard InChI is InChI=1S/C8H15N3O3S/c9-8(12)7-2-4-11(7)15(13,14)6-1-3-10-5-6/h6-7,10H,1-5H2,(H2,9,12). The number of nitrogens with one attached hydrogen (secondary N) is 1. The summed E-state index contributed by atoms with van der Waals surface area (Å²) in [6.07, 6.45) is 1.17. The molecule has 1 amide bonds. The van der Waals surface area contributed by atoms with E-state index in [9.17, 15) is 13.2 Å². The first kappa shape index (κ1) is 10.8. The summed E-state index contributed by atoms with van der Waals surface area (Å²) in [7, 11) is -3.33. The van der Waals surface area contributed by atoms with Gasteiger partial charge >= 0.3 is 0 Å². The molecule has 0 aliphatic carbocycles. The van der Waals surface area contributed by atoms with E-state index in [1.165, 1.54) is 4.31 Å². The number of amides is 1. The van der Waals surface area contributed by atoms with Gasteiger partial charge in [-0.1, -0.05) is 0 Å². The van der Waals surface area contributed by atoms with E-state index in [4.69, 9.17) is 5.73 Å². The van der Waals surface area contributed by atoms with E-state index in [0.29, 0.717) is 25.9 Å². The van der Waals surface area contributed by atoms with Crippen molar-refractivity contribution in [1.29, 1.82) is 0 Å². The molecule has 2 unspecified atom stereocenters. The minimum atomic E-state index is -3.33. The average Bonchev–Trinajstić information content (AvgIpc) is 2.50. The van der Waals surface area contributed by atoms with Crippen molar-refractivity contribution in [3.63, 3.8) is 0 Å². The minimum Gasteiger partial charge on any atom is -0.368 e. The summed E-state index contributed by atoms with van der Waals surface area (Å²) in [6.45, 7) is 1.62. The predicted molar refractivity (Wildman–Crippen MR) is 54.5 cm³/mol. The van der Waals surface area contributed by atoms with Gasteiger partial charge in [-0.25, -0.2) is 8.42 Å². The summed E-state index contributed by atoms with van der Waals surface area (Å²) in [5.74, 6) is -0.546. The summed E-state index contributed by atoms with van der Waals surface area (Å²) in [5, 5.41) is 2.61. The summed E-state index contributed by atoms with van der Waals surface area (Å²) in [6, 6.07) is -0.615. The first-order chi connectivity index (χ1) is 7.03. The second-order valence-corrected chi connectivity index (χ2v) is 6.14. The van der Waals surface area contributed by atoms with Gasteiger partial charge in [0.05, 0.1) is 5.25 Å². The van der Waals surface area contributed by atoms with Gasteiger partial charge in [-0.05, 0) is 19.4 Å². The number of carbonyl (C=O) groups is 1. The summed E-state index contributed by atoms with van der Waals surface area (Å²) in [4.78, 5) is 11.0. The molecule has 0 aromatic rings. The fourth-order valence-corrected chi connectivity index (χ4v) is 4.08. The van der Waals surface area contributed by atoms with Gasteiger partial charge in [0.15, 0.2) is 0 Å². The Labute approximate surface area is 88.9 Å². The van der Waals surface area contributed by atoms with Crippen molar-refractivity contribution in [2.24, 2.45) is 5.73 Å². The molecule has 15 heavy (non-hydrogen) atoms. The Bertz CT molecular complexity index is 361. The van der Waals surface area contributed by atoms with Gasteiger partial charge in [0.1, 0.15) is 6.04 Å². The highest BCUT2D eigenvalue weighted by Gasteiger charge is 2.45. The van der Waals surface area contributed by atoms with Gasteiger partial charge in [0, 0.05) is 13.1 Å². The maximum Gasteiger partial charge on any atom is 0.235 e. The summed E-state index contributed by atoms with van der Waals surface area (Å²) < 4.78 is 25.3. The van der Waals surface area contributed by atoms with Crippen molar-refractivity contribution in [2.45, 2.75) is 24.1 Å². The van der Waals surface area contributed by atoms with Crippen LogP contribution in [0.15, 0.2) is 0 Å². The highest BCUT2D eigenvalue weighted by molar-refractivity contribution is 7.89. The molecule has 2 heterocycles. The number of nitrogens with zero attached hydrogens (tertiary/aromatic N) is 1. The number of sulfonamides is 1. The molecule has 0 bridgehead atoms. The van der Waals surface area contributed by atoms with Crippen LogP contribution in [0.4, 0.5) is 0 Å². The molecule has 3 N–H and O–H groups in total. The van der Waals surface area contributed by atoms with Crippen LogP contribution in [0.3, 0.4) is 0 Å². The lowest BCUT2D eigenvalue weighted by molar-refractivity contribution is -0.124. The topological polar surface area (TPSA) is 92.5 Å². The smallest absolute Gasteiger partial charge is 0.235 e. The van der Waals surface area contributed by atoms with Crippen molar-refractivity contribution in [1.82, 2.24) is 9.62 Å². The Hall–Kier alpha value is -0.660. The number of carbonyl (C=O) groups excluding carboxylic acids is 1. The number of nitrogens with two attached hydrogens (primary N) is 1. The quantitative estimate of drug-likeness (QED) is 0.604. The Morgan fingerprint density at radius 3 is 2.53 bits per heavy atom. The third-order valence-electron chi connectivity index (χ3n) is 3.06. The van der Waals surface area contributed by atoms with Crippen molar-refractivity contribution in [3.8, 4) is 0 Å². The van der Waals surface area contributed by atoms with E-state index in [2.05, 4.69) is 5.32 Å². The number of rotatable bonds is 3. The Morgan fingerprint density at radius 2 is 2.13 bits per heavy atom. The molecule has 0 aromatic carbocycles. The molecule has 86 valence electrons. The predicted octanol–water partition coefficient (Wildman–Crippen LogP) is -1.76. The number of primary amides is 1. The maximum absolute atomic E-state index is 12.0. The van der Waals surface area contributed by atoms with Crippen molar-refractivity contribution in [3.05, 3.63) is 0 Å². The van der Waals surface area contributed by atoms with Crippen LogP contribution in [0.25, 0.3) is 0 Å². The fraction of sp³-hybridized carbons (Fsp3) is 0.875. The Morgan fingerprint density at radius 1 is 1.40 bits per heavy atom. The van der Waals surface area contributed by atoms with Crippen LogP contribution in [0, 0.1) is 0 Å². The molecule has 2 rings (SSSR count). The Balaban J connectivity index is 2.12. The second kappa shape index (κ2) is 3.73. The molecule has 2 fully saturated rings. The monoisotopic (exact) mass is 233 g/mol. The highest BCUT2D eigenvalue weighted by Crippen LogP contribution is 2.26. The van der Waals surface area contributed by atoms with Crippen molar-refractivity contribution >= 4 is 15.9 Å². The first-order valence-electron chi connectivity index (χ1n) is 5.04. The lowest BCUT2D eigenvalue weighted by Gasteiger charge is -2.38. The highest BCUT2D eigenvalue weighted by atomic mass is 32.2. The molecule has 7 heteroatoms. The molecule has 2 aliphatic heterocycles. The maximum atomic E-state index is 12.0. The van der Waals surface area contributed by atoms with Gasteiger partial charge in [0.2, 0.25) is 15.9 Å². The Kier molecular flexibility index (Phi) is 2.70. The van der Waals surface area contributed by atoms with Crippen LogP contribution in [0.5, 0.6) is 0 Å². The first-order valence-corrected chi connectivity index (χ1v) is 6.54. The van der Waals surface area contributed by atoms with Gasteiger partial charge in [-0.2, -0.15) is 4.31 Å². The van der Waals surface area contributed by atoms with Crippen LogP contribution in [0.1, 0.15) is 12.8 Å². The van der Waals surface area contributed by atoms with E-state index in [0.717, 1.165) is 6.54 Å². The molecular formula is C8H15N3O3S. The van der Waals surface area contributed by atoms with Crippen molar-refractivity contribution < 1.29 is 13.2 Å². The third kappa shape index (κ3) is 1.75. The summed E-state index contributed by atoms with van der Waals surface area (Å²) >= 11 is 0. The van der Waals surface area contributed by atoms with Crippen LogP contribution in [-0.2, 0) is 14.8 Å². The van der Waals surface area contributed by atoms with E-state index in [1.807, 2.05) is 0 Å².